The van der Waals surface area contributed by atoms with Gasteiger partial charge in [0, 0.05) is 134 Å². The summed E-state index contributed by atoms with van der Waals surface area (Å²) in [5.41, 5.74) is 2.90. The first-order valence-electron chi connectivity index (χ1n) is 37.0. The molecule has 106 heavy (non-hydrogen) atoms. The Morgan fingerprint density at radius 2 is 0.981 bits per heavy atom. The van der Waals surface area contributed by atoms with E-state index in [1.54, 1.807) is 75.6 Å². The summed E-state index contributed by atoms with van der Waals surface area (Å²) in [5, 5.41) is 68.9. The number of epoxide rings is 2. The molecule has 4 fully saturated rings. The van der Waals surface area contributed by atoms with Gasteiger partial charge in [0.2, 0.25) is 0 Å². The largest absolute Gasteiger partial charge is 0.457 e. The molecule has 3 saturated heterocycles. The van der Waals surface area contributed by atoms with Crippen LogP contribution < -0.4 is 0 Å². The van der Waals surface area contributed by atoms with Crippen molar-refractivity contribution in [3.05, 3.63) is 110 Å². The number of benzene rings is 2. The summed E-state index contributed by atoms with van der Waals surface area (Å²) < 4.78 is 20.3. The first-order valence-corrected chi connectivity index (χ1v) is 39.5. The Hall–Kier alpha value is -3.50. The predicted molar refractivity (Wildman–Crippen MR) is 406 cm³/mol. The Kier molecular flexibility index (Phi) is 35.0. The molecular formula is C82H114N3O15S3W3-3. The van der Waals surface area contributed by atoms with Crippen LogP contribution in [0.1, 0.15) is 243 Å². The zero-order chi connectivity index (χ0) is 75.8. The molecule has 1 saturated carbocycles. The molecule has 2 aromatic carbocycles. The fourth-order valence-electron chi connectivity index (χ4n) is 14.0. The first-order chi connectivity index (χ1) is 48.2. The van der Waals surface area contributed by atoms with Gasteiger partial charge >= 0.3 is 5.97 Å². The van der Waals surface area contributed by atoms with Crippen LogP contribution in [0.25, 0.3) is 26.5 Å². The molecule has 6 N–H and O–H groups in total. The molecule has 5 aromatic rings. The van der Waals surface area contributed by atoms with Crippen LogP contribution >= 0.6 is 34.0 Å². The first kappa shape index (κ1) is 93.1. The van der Waals surface area contributed by atoms with Crippen molar-refractivity contribution in [2.75, 3.05) is 0 Å². The van der Waals surface area contributed by atoms with Crippen LogP contribution in [0.5, 0.6) is 0 Å². The molecule has 0 spiro atoms. The summed E-state index contributed by atoms with van der Waals surface area (Å²) in [7, 11) is 0. The van der Waals surface area contributed by atoms with E-state index >= 15 is 0 Å². The molecule has 24 heteroatoms. The zero-order valence-electron chi connectivity index (χ0n) is 64.7. The second-order valence-corrected chi connectivity index (χ2v) is 36.1. The zero-order valence-corrected chi connectivity index (χ0v) is 75.9. The number of esters is 1. The number of carbonyl (C=O) groups is 6. The molecule has 2 aliphatic carbocycles. The number of thiazole rings is 3. The van der Waals surface area contributed by atoms with E-state index in [-0.39, 0.29) is 171 Å². The van der Waals surface area contributed by atoms with Gasteiger partial charge in [-0.25, -0.2) is 15.0 Å². The van der Waals surface area contributed by atoms with Gasteiger partial charge in [-0.1, -0.05) is 124 Å². The van der Waals surface area contributed by atoms with Gasteiger partial charge in [0.1, 0.15) is 17.7 Å². The molecule has 3 aliphatic heterocycles. The Labute approximate surface area is 683 Å². The second-order valence-electron chi connectivity index (χ2n) is 32.6. The summed E-state index contributed by atoms with van der Waals surface area (Å²) in [6.45, 7) is 29.8. The molecule has 6 heterocycles. The Balaban J connectivity index is 0.000000282. The maximum Gasteiger partial charge on any atom is 0.309 e. The number of rotatable bonds is 4. The van der Waals surface area contributed by atoms with Crippen LogP contribution in [0.2, 0.25) is 0 Å². The average molecular weight is 2030 g/mol. The predicted octanol–water partition coefficient (Wildman–Crippen LogP) is 14.9. The SMILES string of the molecule is C/C1=C/CC(/C(C)=C/c2csc(C)n2)CC(=O)C[C@H](O)C(C)(C)C(=O)[CH-][C@@H](O)[C@@H](C)CCC1.Cc1nc2cc(C3CC(=O)C[C@H](O)C(C)(C)C(=O)[CH-][C@@H](O)[C@@H](C)CCC[C@@]4(C)O[C@H]4C3)ccc2s1.Cc1nc2cc(C3C[C@@H]4O[C@]4(C)CCC[C@H](C)[C@H](O)[CH-]C(=O)C(C)(C)[C@@H](O)CC(=O)O3)ccc2s1.[W].[W].[W]. The van der Waals surface area contributed by atoms with Crippen LogP contribution in [-0.2, 0) is 106 Å². The number of aromatic nitrogens is 3. The molecule has 3 aromatic heterocycles. The molecule has 0 bridgehead atoms. The summed E-state index contributed by atoms with van der Waals surface area (Å²) >= 11 is 4.87. The smallest absolute Gasteiger partial charge is 0.309 e. The Morgan fingerprint density at radius 3 is 1.45 bits per heavy atom. The van der Waals surface area contributed by atoms with E-state index in [2.05, 4.69) is 60.0 Å². The number of aliphatic hydroxyl groups is 6. The molecule has 586 valence electrons. The van der Waals surface area contributed by atoms with Crippen LogP contribution in [0.15, 0.2) is 59.0 Å². The third kappa shape index (κ3) is 25.3. The van der Waals surface area contributed by atoms with Crippen molar-refractivity contribution in [3.8, 4) is 0 Å². The Morgan fingerprint density at radius 1 is 0.547 bits per heavy atom. The van der Waals surface area contributed by atoms with E-state index in [0.717, 1.165) is 128 Å². The molecular weight excluding hydrogens is 1910 g/mol. The number of allylic oxidation sites excluding steroid dienone is 3. The molecule has 10 rings (SSSR count). The number of fused-ring (bicyclic) bond motifs is 4. The summed E-state index contributed by atoms with van der Waals surface area (Å²) in [4.78, 5) is 91.4. The summed E-state index contributed by atoms with van der Waals surface area (Å²) in [5.74, 6) is -2.04. The number of hydrogen-bond donors (Lipinski definition) is 6. The maximum absolute atomic E-state index is 13.2. The van der Waals surface area contributed by atoms with Gasteiger partial charge in [-0.15, -0.1) is 34.0 Å². The number of ether oxygens (including phenoxy) is 3. The fourth-order valence-corrected chi connectivity index (χ4v) is 16.2. The molecule has 0 radical (unpaired) electrons. The third-order valence-electron chi connectivity index (χ3n) is 22.7. The van der Waals surface area contributed by atoms with Crippen molar-refractivity contribution in [1.82, 2.24) is 15.0 Å². The van der Waals surface area contributed by atoms with Crippen LogP contribution in [0, 0.1) is 80.0 Å². The fraction of sp³-hybridized carbons (Fsp3) is 0.634. The number of nitrogens with zero attached hydrogens (tertiary/aromatic N) is 3. The number of ketones is 5. The van der Waals surface area contributed by atoms with Gasteiger partial charge in [0.25, 0.3) is 0 Å². The quantitative estimate of drug-likeness (QED) is 0.0422. The number of cyclic esters (lactones) is 1. The van der Waals surface area contributed by atoms with Gasteiger partial charge < -0.3 is 59.2 Å². The van der Waals surface area contributed by atoms with Crippen LogP contribution in [-0.4, -0.2) is 141 Å². The maximum atomic E-state index is 13.2. The standard InChI is InChI=1S/C28H38NO5S.C27H36NO6S.C27H40NO4S.3W/c1-16-7-6-10-28(5)26(34-28)13-19(18-8-9-23-21(12-18)29-17(2)35-23)11-20(30)14-24(32)27(3,4)25(33)15-22(16)31;1-15-7-6-10-27(5)24(34-27)13-20(17-8-9-21-18(11-17)28-16(2)35-21)33-25(32)14-23(31)26(3,4)22(30)12-19(15)29;1-17-8-7-9-18(2)24(30)15-26(32)27(5,6)25(31)14-23(29)13-21(11-10-17)19(3)12-22-16-33-20(4)28-22;;;/h8-9,12,15-16,19,22,24,26,31-32H,6-7,10-11,13-14H2,1-5H3;8-9,11-12,15,19-20,23-24,29,31H,6-7,10,13-14H2,1-5H3;10,12,15-16,18,21,24-25,30-31H,7-9,11,13-14H2,1-6H3;;;/q3*-1;;;/b;;17-10-,19-12+;;;/t16-,19?,22+,24-,26-,28+;15-,19+,20?,23-,24-,27+;18-,21?,24+,25-;;;/m000.../s1. The van der Waals surface area contributed by atoms with Crippen molar-refractivity contribution in [2.45, 2.75) is 292 Å². The molecule has 18 nitrogen and oxygen atoms in total. The summed E-state index contributed by atoms with van der Waals surface area (Å²) in [6.07, 6.45) is 11.1. The third-order valence-corrected chi connectivity index (χ3v) is 25.4. The van der Waals surface area contributed by atoms with Crippen LogP contribution in [0.4, 0.5) is 0 Å². The minimum atomic E-state index is -1.25. The van der Waals surface area contributed by atoms with Gasteiger partial charge in [-0.2, -0.15) is 0 Å². The van der Waals surface area contributed by atoms with Crippen molar-refractivity contribution in [3.63, 3.8) is 0 Å². The monoisotopic (exact) mass is 2030 g/mol. The van der Waals surface area contributed by atoms with Crippen molar-refractivity contribution >= 4 is 95.4 Å². The van der Waals surface area contributed by atoms with Crippen LogP contribution in [0.3, 0.4) is 0 Å². The number of aliphatic hydroxyl groups excluding tert-OH is 6. The van der Waals surface area contributed by atoms with E-state index in [1.807, 2.05) is 78.1 Å². The molecule has 5 aliphatic rings. The van der Waals surface area contributed by atoms with E-state index < -0.39 is 64.9 Å². The van der Waals surface area contributed by atoms with E-state index in [9.17, 15) is 59.4 Å². The average Bonchev–Trinajstić information content (AvgIpc) is 1.61. The summed E-state index contributed by atoms with van der Waals surface area (Å²) in [6, 6.07) is 12.1. The number of aryl methyl sites for hydroxylation is 3. The van der Waals surface area contributed by atoms with Gasteiger partial charge in [0.15, 0.2) is 0 Å². The number of hydrogen-bond acceptors (Lipinski definition) is 21. The van der Waals surface area contributed by atoms with Crippen molar-refractivity contribution in [1.29, 1.82) is 0 Å². The van der Waals surface area contributed by atoms with E-state index in [0.29, 0.717) is 12.8 Å². The molecule has 16 atom stereocenters. The normalized spacial score (nSPS) is 32.4. The van der Waals surface area contributed by atoms with Gasteiger partial charge in [0.05, 0.1) is 89.3 Å². The van der Waals surface area contributed by atoms with E-state index in [1.165, 1.54) is 24.8 Å². The second kappa shape index (κ2) is 39.8. The van der Waals surface area contributed by atoms with E-state index in [4.69, 9.17) is 14.2 Å². The van der Waals surface area contributed by atoms with Crippen molar-refractivity contribution in [2.24, 2.45) is 39.9 Å². The van der Waals surface area contributed by atoms with Crippen molar-refractivity contribution < 1.29 is 137 Å². The minimum Gasteiger partial charge on any atom is -0.457 e. The number of carbonyl (C=O) groups excluding carboxylic acids is 6. The number of Topliss-reactive ketones (excluding diaryl/α,β-unsaturated/α-hetero) is 5. The molecule has 0 amide bonds. The molecule has 3 unspecified atom stereocenters. The minimum absolute atomic E-state index is 0. The Bertz CT molecular complexity index is 3690. The van der Waals surface area contributed by atoms with Gasteiger partial charge in [-0.3, -0.25) is 33.6 Å². The topological polar surface area (TPSA) is 297 Å². The van der Waals surface area contributed by atoms with Gasteiger partial charge in [-0.05, 0) is 176 Å².